The molecule has 0 amide bonds. The molecule has 23 heavy (non-hydrogen) atoms. The van der Waals surface area contributed by atoms with Gasteiger partial charge in [0.2, 0.25) is 5.89 Å². The van der Waals surface area contributed by atoms with Gasteiger partial charge in [-0.1, -0.05) is 29.8 Å². The Hall–Kier alpha value is -2.73. The standard InChI is InChI=1S/C17H13NO4S/c1-10-2-4-11(5-3-10)13(19)8-14-15(17(20)21)12(9-23-14)16-18-6-7-22-16/h2-7,9H,8H2,1H3,(H,20,21). The normalized spacial score (nSPS) is 10.7. The highest BCUT2D eigenvalue weighted by Crippen LogP contribution is 2.31. The van der Waals surface area contributed by atoms with Gasteiger partial charge in [-0.15, -0.1) is 11.3 Å². The fourth-order valence-electron chi connectivity index (χ4n) is 2.26. The Labute approximate surface area is 136 Å². The van der Waals surface area contributed by atoms with Crippen molar-refractivity contribution in [2.45, 2.75) is 13.3 Å². The van der Waals surface area contributed by atoms with Gasteiger partial charge in [-0.25, -0.2) is 9.78 Å². The van der Waals surface area contributed by atoms with Crippen LogP contribution in [-0.4, -0.2) is 21.8 Å². The van der Waals surface area contributed by atoms with Gasteiger partial charge in [-0.05, 0) is 6.92 Å². The summed E-state index contributed by atoms with van der Waals surface area (Å²) in [6.07, 6.45) is 2.88. The average Bonchev–Trinajstić information content (AvgIpc) is 3.16. The average molecular weight is 327 g/mol. The molecular formula is C17H13NO4S. The molecule has 0 aliphatic carbocycles. The van der Waals surface area contributed by atoms with E-state index in [1.54, 1.807) is 17.5 Å². The van der Waals surface area contributed by atoms with Gasteiger partial charge in [0.25, 0.3) is 0 Å². The van der Waals surface area contributed by atoms with E-state index in [1.807, 2.05) is 19.1 Å². The number of carbonyl (C=O) groups excluding carboxylic acids is 1. The summed E-state index contributed by atoms with van der Waals surface area (Å²) in [5.74, 6) is -0.966. The van der Waals surface area contributed by atoms with Crippen molar-refractivity contribution in [1.29, 1.82) is 0 Å². The SMILES string of the molecule is Cc1ccc(C(=O)Cc2scc(-c3ncco3)c2C(=O)O)cc1. The summed E-state index contributed by atoms with van der Waals surface area (Å²) in [6, 6.07) is 7.22. The first-order valence-electron chi connectivity index (χ1n) is 6.89. The number of aromatic carboxylic acids is 1. The van der Waals surface area contributed by atoms with Crippen molar-refractivity contribution in [2.75, 3.05) is 0 Å². The van der Waals surface area contributed by atoms with Gasteiger partial charge in [0.15, 0.2) is 5.78 Å². The number of Topliss-reactive ketones (excluding diaryl/α,β-unsaturated/α-hetero) is 1. The van der Waals surface area contributed by atoms with Crippen LogP contribution in [-0.2, 0) is 6.42 Å². The summed E-state index contributed by atoms with van der Waals surface area (Å²) in [5.41, 5.74) is 2.12. The lowest BCUT2D eigenvalue weighted by atomic mass is 10.0. The van der Waals surface area contributed by atoms with Gasteiger partial charge in [-0.3, -0.25) is 4.79 Å². The van der Waals surface area contributed by atoms with E-state index in [4.69, 9.17) is 4.42 Å². The largest absolute Gasteiger partial charge is 0.478 e. The third-order valence-electron chi connectivity index (χ3n) is 3.44. The Balaban J connectivity index is 1.93. The van der Waals surface area contributed by atoms with E-state index >= 15 is 0 Å². The molecule has 1 aromatic carbocycles. The molecule has 1 N–H and O–H groups in total. The fourth-order valence-corrected chi connectivity index (χ4v) is 3.27. The van der Waals surface area contributed by atoms with Gasteiger partial charge in [0.05, 0.1) is 17.3 Å². The first kappa shape index (κ1) is 15.2. The van der Waals surface area contributed by atoms with Crippen LogP contribution in [0.15, 0.2) is 46.5 Å². The molecule has 5 nitrogen and oxygen atoms in total. The van der Waals surface area contributed by atoms with Crippen LogP contribution in [0.4, 0.5) is 0 Å². The second-order valence-electron chi connectivity index (χ2n) is 5.06. The Morgan fingerprint density at radius 2 is 2.00 bits per heavy atom. The predicted molar refractivity (Wildman–Crippen MR) is 86.0 cm³/mol. The molecule has 0 aliphatic heterocycles. The predicted octanol–water partition coefficient (Wildman–Crippen LogP) is 3.84. The van der Waals surface area contributed by atoms with E-state index in [2.05, 4.69) is 4.98 Å². The third kappa shape index (κ3) is 3.07. The van der Waals surface area contributed by atoms with Crippen LogP contribution < -0.4 is 0 Å². The number of carboxylic acids is 1. The monoisotopic (exact) mass is 327 g/mol. The van der Waals surface area contributed by atoms with Crippen LogP contribution in [0.25, 0.3) is 11.5 Å². The molecule has 2 aromatic heterocycles. The van der Waals surface area contributed by atoms with E-state index in [-0.39, 0.29) is 23.7 Å². The summed E-state index contributed by atoms with van der Waals surface area (Å²) in [4.78, 5) is 28.4. The zero-order valence-electron chi connectivity index (χ0n) is 12.3. The minimum Gasteiger partial charge on any atom is -0.478 e. The molecule has 0 aliphatic rings. The van der Waals surface area contributed by atoms with Gasteiger partial charge in [0.1, 0.15) is 6.26 Å². The zero-order valence-corrected chi connectivity index (χ0v) is 13.1. The minimum atomic E-state index is -1.09. The van der Waals surface area contributed by atoms with Crippen molar-refractivity contribution in [2.24, 2.45) is 0 Å². The number of hydrogen-bond acceptors (Lipinski definition) is 5. The number of aryl methyl sites for hydroxylation is 1. The maximum absolute atomic E-state index is 12.4. The molecule has 0 saturated carbocycles. The van der Waals surface area contributed by atoms with E-state index in [0.29, 0.717) is 16.0 Å². The fraction of sp³-hybridized carbons (Fsp3) is 0.118. The van der Waals surface area contributed by atoms with Crippen LogP contribution in [0.1, 0.15) is 31.2 Å². The first-order valence-corrected chi connectivity index (χ1v) is 7.77. The summed E-state index contributed by atoms with van der Waals surface area (Å²) >= 11 is 1.23. The van der Waals surface area contributed by atoms with Gasteiger partial charge >= 0.3 is 5.97 Å². The number of benzene rings is 1. The van der Waals surface area contributed by atoms with Gasteiger partial charge in [0, 0.05) is 22.2 Å². The Kier molecular flexibility index (Phi) is 4.08. The molecule has 0 radical (unpaired) electrons. The smallest absolute Gasteiger partial charge is 0.337 e. The molecule has 3 aromatic rings. The van der Waals surface area contributed by atoms with Crippen LogP contribution in [0, 0.1) is 6.92 Å². The van der Waals surface area contributed by atoms with Crippen molar-refractivity contribution < 1.29 is 19.1 Å². The first-order chi connectivity index (χ1) is 11.1. The molecule has 0 fully saturated rings. The molecule has 0 saturated heterocycles. The lowest BCUT2D eigenvalue weighted by Gasteiger charge is -2.03. The summed E-state index contributed by atoms with van der Waals surface area (Å²) in [6.45, 7) is 1.94. The molecule has 0 unspecified atom stereocenters. The van der Waals surface area contributed by atoms with Crippen molar-refractivity contribution in [1.82, 2.24) is 4.98 Å². The third-order valence-corrected chi connectivity index (χ3v) is 4.42. The summed E-state index contributed by atoms with van der Waals surface area (Å²) in [5, 5.41) is 11.1. The second-order valence-corrected chi connectivity index (χ2v) is 6.02. The lowest BCUT2D eigenvalue weighted by Crippen LogP contribution is -2.07. The van der Waals surface area contributed by atoms with Gasteiger partial charge in [-0.2, -0.15) is 0 Å². The number of hydrogen-bond donors (Lipinski definition) is 1. The van der Waals surface area contributed by atoms with Crippen LogP contribution in [0.5, 0.6) is 0 Å². The van der Waals surface area contributed by atoms with Crippen LogP contribution in [0.3, 0.4) is 0 Å². The number of oxazole rings is 1. The quantitative estimate of drug-likeness (QED) is 0.720. The maximum atomic E-state index is 12.4. The number of ketones is 1. The highest BCUT2D eigenvalue weighted by molar-refractivity contribution is 7.11. The lowest BCUT2D eigenvalue weighted by molar-refractivity contribution is 0.0697. The minimum absolute atomic E-state index is 0.0378. The Morgan fingerprint density at radius 1 is 1.26 bits per heavy atom. The summed E-state index contributed by atoms with van der Waals surface area (Å²) in [7, 11) is 0. The number of rotatable bonds is 5. The Bertz CT molecular complexity index is 847. The number of carboxylic acid groups (broad SMARTS) is 1. The number of thiophene rings is 1. The molecule has 0 bridgehead atoms. The number of aromatic nitrogens is 1. The molecule has 0 spiro atoms. The zero-order chi connectivity index (χ0) is 16.4. The molecular weight excluding hydrogens is 314 g/mol. The van der Waals surface area contributed by atoms with Crippen molar-refractivity contribution in [3.05, 3.63) is 63.7 Å². The molecule has 3 rings (SSSR count). The maximum Gasteiger partial charge on any atom is 0.337 e. The van der Waals surface area contributed by atoms with Crippen molar-refractivity contribution in [3.63, 3.8) is 0 Å². The van der Waals surface area contributed by atoms with Crippen molar-refractivity contribution in [3.8, 4) is 11.5 Å². The molecule has 6 heteroatoms. The second kappa shape index (κ2) is 6.18. The highest BCUT2D eigenvalue weighted by atomic mass is 32.1. The van der Waals surface area contributed by atoms with E-state index in [0.717, 1.165) is 5.56 Å². The van der Waals surface area contributed by atoms with E-state index in [9.17, 15) is 14.7 Å². The topological polar surface area (TPSA) is 80.4 Å². The van der Waals surface area contributed by atoms with E-state index < -0.39 is 5.97 Å². The Morgan fingerprint density at radius 3 is 2.61 bits per heavy atom. The van der Waals surface area contributed by atoms with Crippen LogP contribution in [0.2, 0.25) is 0 Å². The summed E-state index contributed by atoms with van der Waals surface area (Å²) < 4.78 is 5.17. The number of nitrogens with zero attached hydrogens (tertiary/aromatic N) is 1. The molecule has 116 valence electrons. The highest BCUT2D eigenvalue weighted by Gasteiger charge is 2.23. The van der Waals surface area contributed by atoms with Crippen LogP contribution >= 0.6 is 11.3 Å². The van der Waals surface area contributed by atoms with Crippen molar-refractivity contribution >= 4 is 23.1 Å². The van der Waals surface area contributed by atoms with E-state index in [1.165, 1.54) is 23.8 Å². The number of carbonyl (C=O) groups is 2. The molecule has 2 heterocycles. The van der Waals surface area contributed by atoms with Gasteiger partial charge < -0.3 is 9.52 Å². The molecule has 0 atom stereocenters.